The molecular weight excluding hydrogens is 302 g/mol. The molecule has 128 valence electrons. The highest BCUT2D eigenvalue weighted by molar-refractivity contribution is 5.49. The molecule has 1 aromatic carbocycles. The smallest absolute Gasteiger partial charge is 0.171 e. The molecule has 0 amide bonds. The van der Waals surface area contributed by atoms with Gasteiger partial charge in [-0.2, -0.15) is 10.4 Å². The second-order valence-electron chi connectivity index (χ2n) is 5.79. The van der Waals surface area contributed by atoms with E-state index in [1.165, 1.54) is 0 Å². The number of benzene rings is 1. The maximum absolute atomic E-state index is 9.21. The zero-order valence-electron chi connectivity index (χ0n) is 15.1. The number of nitrogens with zero attached hydrogens (tertiary/aromatic N) is 3. The van der Waals surface area contributed by atoms with Crippen LogP contribution in [0, 0.1) is 25.2 Å². The Balaban J connectivity index is 2.42. The van der Waals surface area contributed by atoms with Crippen molar-refractivity contribution >= 4 is 0 Å². The molecule has 0 fully saturated rings. The van der Waals surface area contributed by atoms with Gasteiger partial charge < -0.3 is 9.47 Å². The average molecular weight is 327 g/mol. The summed E-state index contributed by atoms with van der Waals surface area (Å²) in [6.45, 7) is 9.37. The molecule has 0 unspecified atom stereocenters. The summed E-state index contributed by atoms with van der Waals surface area (Å²) < 4.78 is 13.4. The molecule has 5 nitrogen and oxygen atoms in total. The van der Waals surface area contributed by atoms with Crippen LogP contribution in [0.5, 0.6) is 11.5 Å². The van der Waals surface area contributed by atoms with Gasteiger partial charge >= 0.3 is 0 Å². The van der Waals surface area contributed by atoms with E-state index in [2.05, 4.69) is 25.0 Å². The van der Waals surface area contributed by atoms with E-state index in [0.29, 0.717) is 18.7 Å². The largest absolute Gasteiger partial charge is 0.453 e. The number of nitriles is 1. The molecule has 2 aromatic rings. The fraction of sp³-hybridized carbons (Fsp3) is 0.474. The molecular formula is C19H25N3O2. The van der Waals surface area contributed by atoms with Crippen molar-refractivity contribution in [1.29, 1.82) is 5.26 Å². The summed E-state index contributed by atoms with van der Waals surface area (Å²) in [6.07, 6.45) is 1.64. The molecule has 24 heavy (non-hydrogen) atoms. The van der Waals surface area contributed by atoms with Crippen molar-refractivity contribution in [3.8, 4) is 17.6 Å². The predicted octanol–water partition coefficient (Wildman–Crippen LogP) is 3.94. The Morgan fingerprint density at radius 1 is 1.17 bits per heavy atom. The van der Waals surface area contributed by atoms with Crippen LogP contribution in [0.25, 0.3) is 0 Å². The first-order valence-electron chi connectivity index (χ1n) is 8.32. The normalized spacial score (nSPS) is 10.7. The summed E-state index contributed by atoms with van der Waals surface area (Å²) in [5, 5.41) is 13.9. The summed E-state index contributed by atoms with van der Waals surface area (Å²) in [5.74, 6) is 1.58. The van der Waals surface area contributed by atoms with Crippen molar-refractivity contribution in [2.24, 2.45) is 0 Å². The number of methoxy groups -OCH3 is 1. The maximum atomic E-state index is 9.21. The van der Waals surface area contributed by atoms with E-state index in [4.69, 9.17) is 9.47 Å². The molecule has 1 heterocycles. The van der Waals surface area contributed by atoms with Gasteiger partial charge in [-0.1, -0.05) is 13.8 Å². The van der Waals surface area contributed by atoms with Crippen molar-refractivity contribution < 1.29 is 9.47 Å². The van der Waals surface area contributed by atoms with Gasteiger partial charge in [-0.05, 0) is 49.9 Å². The minimum Gasteiger partial charge on any atom is -0.453 e. The number of ether oxygens (including phenoxy) is 2. The van der Waals surface area contributed by atoms with Crippen LogP contribution in [0.1, 0.15) is 41.9 Å². The van der Waals surface area contributed by atoms with Gasteiger partial charge in [-0.3, -0.25) is 4.68 Å². The molecule has 0 bridgehead atoms. The third kappa shape index (κ3) is 3.60. The standard InChI is InChI=1S/C19H25N3O2/c1-6-17-19(18(7-2)22(21-17)8-9-23-5)24-15-10-13(3)16(12-20)14(4)11-15/h10-11H,6-9H2,1-5H3. The maximum Gasteiger partial charge on any atom is 0.171 e. The first-order valence-corrected chi connectivity index (χ1v) is 8.32. The van der Waals surface area contributed by atoms with Crippen molar-refractivity contribution in [1.82, 2.24) is 9.78 Å². The average Bonchev–Trinajstić information content (AvgIpc) is 2.89. The van der Waals surface area contributed by atoms with Gasteiger partial charge in [0.2, 0.25) is 0 Å². The van der Waals surface area contributed by atoms with E-state index in [1.54, 1.807) is 7.11 Å². The van der Waals surface area contributed by atoms with Crippen molar-refractivity contribution in [2.45, 2.75) is 47.1 Å². The van der Waals surface area contributed by atoms with Gasteiger partial charge in [0.05, 0.1) is 30.5 Å². The van der Waals surface area contributed by atoms with Gasteiger partial charge in [0.25, 0.3) is 0 Å². The van der Waals surface area contributed by atoms with E-state index < -0.39 is 0 Å². The molecule has 0 aliphatic heterocycles. The second kappa shape index (κ2) is 7.98. The molecule has 0 atom stereocenters. The van der Waals surface area contributed by atoms with Crippen LogP contribution in [0.4, 0.5) is 0 Å². The number of aryl methyl sites for hydroxylation is 3. The lowest BCUT2D eigenvalue weighted by atomic mass is 10.0. The molecule has 0 saturated carbocycles. The Labute approximate surface area is 143 Å². The molecule has 0 spiro atoms. The number of aromatic nitrogens is 2. The number of rotatable bonds is 7. The van der Waals surface area contributed by atoms with Gasteiger partial charge in [0.15, 0.2) is 5.75 Å². The fourth-order valence-corrected chi connectivity index (χ4v) is 2.87. The second-order valence-corrected chi connectivity index (χ2v) is 5.79. The molecule has 0 N–H and O–H groups in total. The highest BCUT2D eigenvalue weighted by atomic mass is 16.5. The minimum absolute atomic E-state index is 0.617. The zero-order valence-corrected chi connectivity index (χ0v) is 15.1. The van der Waals surface area contributed by atoms with E-state index >= 15 is 0 Å². The third-order valence-corrected chi connectivity index (χ3v) is 4.09. The minimum atomic E-state index is 0.617. The quantitative estimate of drug-likeness (QED) is 0.773. The fourth-order valence-electron chi connectivity index (χ4n) is 2.87. The lowest BCUT2D eigenvalue weighted by Gasteiger charge is -2.11. The lowest BCUT2D eigenvalue weighted by molar-refractivity contribution is 0.182. The monoisotopic (exact) mass is 327 g/mol. The Bertz CT molecular complexity index is 734. The Morgan fingerprint density at radius 2 is 1.83 bits per heavy atom. The summed E-state index contributed by atoms with van der Waals surface area (Å²) in [4.78, 5) is 0. The number of hydrogen-bond acceptors (Lipinski definition) is 4. The van der Waals surface area contributed by atoms with Crippen molar-refractivity contribution in [3.63, 3.8) is 0 Å². The van der Waals surface area contributed by atoms with Crippen molar-refractivity contribution in [2.75, 3.05) is 13.7 Å². The van der Waals surface area contributed by atoms with Gasteiger partial charge in [0.1, 0.15) is 11.4 Å². The van der Waals surface area contributed by atoms with E-state index in [9.17, 15) is 5.26 Å². The van der Waals surface area contributed by atoms with Crippen LogP contribution >= 0.6 is 0 Å². The van der Waals surface area contributed by atoms with E-state index in [0.717, 1.165) is 46.9 Å². The SMILES string of the molecule is CCc1nn(CCOC)c(CC)c1Oc1cc(C)c(C#N)c(C)c1. The highest BCUT2D eigenvalue weighted by Crippen LogP contribution is 2.32. The molecule has 0 aliphatic rings. The highest BCUT2D eigenvalue weighted by Gasteiger charge is 2.18. The van der Waals surface area contributed by atoms with Gasteiger partial charge in [0, 0.05) is 7.11 Å². The molecule has 0 aliphatic carbocycles. The Hall–Kier alpha value is -2.32. The summed E-state index contributed by atoms with van der Waals surface area (Å²) in [7, 11) is 1.69. The third-order valence-electron chi connectivity index (χ3n) is 4.09. The number of hydrogen-bond donors (Lipinski definition) is 0. The summed E-state index contributed by atoms with van der Waals surface area (Å²) >= 11 is 0. The van der Waals surface area contributed by atoms with Crippen LogP contribution in [0.2, 0.25) is 0 Å². The molecule has 0 radical (unpaired) electrons. The predicted molar refractivity (Wildman–Crippen MR) is 93.6 cm³/mol. The van der Waals surface area contributed by atoms with Crippen LogP contribution in [0.15, 0.2) is 12.1 Å². The Morgan fingerprint density at radius 3 is 2.33 bits per heavy atom. The van der Waals surface area contributed by atoms with Gasteiger partial charge in [-0.15, -0.1) is 0 Å². The molecule has 0 saturated heterocycles. The lowest BCUT2D eigenvalue weighted by Crippen LogP contribution is -2.09. The van der Waals surface area contributed by atoms with Gasteiger partial charge in [-0.25, -0.2) is 0 Å². The zero-order chi connectivity index (χ0) is 17.7. The topological polar surface area (TPSA) is 60.1 Å². The molecule has 2 rings (SSSR count). The van der Waals surface area contributed by atoms with E-state index in [-0.39, 0.29) is 0 Å². The molecule has 1 aromatic heterocycles. The van der Waals surface area contributed by atoms with Crippen LogP contribution in [-0.4, -0.2) is 23.5 Å². The molecule has 5 heteroatoms. The van der Waals surface area contributed by atoms with Crippen molar-refractivity contribution in [3.05, 3.63) is 40.2 Å². The van der Waals surface area contributed by atoms with Crippen LogP contribution in [-0.2, 0) is 24.1 Å². The van der Waals surface area contributed by atoms with E-state index in [1.807, 2.05) is 30.7 Å². The van der Waals surface area contributed by atoms with Crippen LogP contribution in [0.3, 0.4) is 0 Å². The first kappa shape index (κ1) is 18.0. The first-order chi connectivity index (χ1) is 11.5. The summed E-state index contributed by atoms with van der Waals surface area (Å²) in [5.41, 5.74) is 4.58. The Kier molecular flexibility index (Phi) is 5.99. The summed E-state index contributed by atoms with van der Waals surface area (Å²) in [6, 6.07) is 6.07. The van der Waals surface area contributed by atoms with Crippen LogP contribution < -0.4 is 4.74 Å².